The van der Waals surface area contributed by atoms with Crippen molar-refractivity contribution in [2.24, 2.45) is 0 Å². The van der Waals surface area contributed by atoms with Crippen molar-refractivity contribution >= 4 is 28.5 Å². The maximum atomic E-state index is 11.9. The molecular formula is C18H17N3OS. The topological polar surface area (TPSA) is 54.9 Å². The Balaban J connectivity index is 0.00000192. The zero-order valence-electron chi connectivity index (χ0n) is 11.6. The standard InChI is InChI=1S/C17H13N3OS.CH4/c21-16(7-6-13-4-2-1-3-5-13)20-17-19-15(12-22-17)14-8-10-18-11-9-14;/h1-12H,(H,19,20,21);1H4/b7-6+;. The molecule has 0 saturated heterocycles. The Morgan fingerprint density at radius 2 is 1.83 bits per heavy atom. The average molecular weight is 323 g/mol. The van der Waals surface area contributed by atoms with E-state index in [0.29, 0.717) is 5.13 Å². The van der Waals surface area contributed by atoms with Gasteiger partial charge >= 0.3 is 0 Å². The van der Waals surface area contributed by atoms with Gasteiger partial charge in [-0.1, -0.05) is 37.8 Å². The van der Waals surface area contributed by atoms with Gasteiger partial charge in [0.15, 0.2) is 5.13 Å². The number of pyridine rings is 1. The highest BCUT2D eigenvalue weighted by atomic mass is 32.1. The van der Waals surface area contributed by atoms with E-state index in [1.165, 1.54) is 17.4 Å². The molecule has 1 aromatic carbocycles. The Labute approximate surface area is 139 Å². The van der Waals surface area contributed by atoms with Crippen LogP contribution in [-0.2, 0) is 4.79 Å². The second kappa shape index (κ2) is 8.00. The van der Waals surface area contributed by atoms with E-state index in [2.05, 4.69) is 15.3 Å². The van der Waals surface area contributed by atoms with Gasteiger partial charge in [0.25, 0.3) is 0 Å². The van der Waals surface area contributed by atoms with Crippen molar-refractivity contribution in [3.8, 4) is 11.3 Å². The lowest BCUT2D eigenvalue weighted by Crippen LogP contribution is -2.07. The second-order valence-electron chi connectivity index (χ2n) is 4.51. The van der Waals surface area contributed by atoms with Crippen LogP contribution in [0.4, 0.5) is 5.13 Å². The Hall–Kier alpha value is -2.79. The molecule has 0 aliphatic heterocycles. The smallest absolute Gasteiger partial charge is 0.250 e. The van der Waals surface area contributed by atoms with E-state index in [9.17, 15) is 4.79 Å². The normalized spacial score (nSPS) is 10.3. The fourth-order valence-electron chi connectivity index (χ4n) is 1.87. The van der Waals surface area contributed by atoms with E-state index >= 15 is 0 Å². The summed E-state index contributed by atoms with van der Waals surface area (Å²) >= 11 is 1.40. The van der Waals surface area contributed by atoms with Crippen LogP contribution in [0.1, 0.15) is 13.0 Å². The summed E-state index contributed by atoms with van der Waals surface area (Å²) < 4.78 is 0. The van der Waals surface area contributed by atoms with Crippen LogP contribution in [0.25, 0.3) is 17.3 Å². The van der Waals surface area contributed by atoms with Crippen LogP contribution in [0.3, 0.4) is 0 Å². The lowest BCUT2D eigenvalue weighted by Gasteiger charge is -1.97. The van der Waals surface area contributed by atoms with Gasteiger partial charge in [-0.2, -0.15) is 0 Å². The van der Waals surface area contributed by atoms with Crippen molar-refractivity contribution in [1.82, 2.24) is 9.97 Å². The van der Waals surface area contributed by atoms with Gasteiger partial charge in [-0.05, 0) is 23.8 Å². The van der Waals surface area contributed by atoms with E-state index in [0.717, 1.165) is 16.8 Å². The lowest BCUT2D eigenvalue weighted by atomic mass is 10.2. The number of hydrogen-bond donors (Lipinski definition) is 1. The van der Waals surface area contributed by atoms with E-state index in [4.69, 9.17) is 0 Å². The van der Waals surface area contributed by atoms with Crippen LogP contribution in [0.5, 0.6) is 0 Å². The Morgan fingerprint density at radius 1 is 1.09 bits per heavy atom. The van der Waals surface area contributed by atoms with Crippen molar-refractivity contribution in [1.29, 1.82) is 0 Å². The molecule has 116 valence electrons. The maximum absolute atomic E-state index is 11.9. The van der Waals surface area contributed by atoms with Crippen molar-refractivity contribution in [2.75, 3.05) is 5.32 Å². The molecular weight excluding hydrogens is 306 g/mol. The molecule has 23 heavy (non-hydrogen) atoms. The summed E-state index contributed by atoms with van der Waals surface area (Å²) in [6.45, 7) is 0. The molecule has 2 aromatic heterocycles. The van der Waals surface area contributed by atoms with Crippen LogP contribution in [0.2, 0.25) is 0 Å². The first kappa shape index (κ1) is 16.6. The van der Waals surface area contributed by atoms with Gasteiger partial charge in [0.1, 0.15) is 0 Å². The first-order valence-corrected chi connectivity index (χ1v) is 7.59. The van der Waals surface area contributed by atoms with Crippen LogP contribution in [0.15, 0.2) is 66.3 Å². The number of anilines is 1. The molecule has 5 heteroatoms. The van der Waals surface area contributed by atoms with E-state index in [-0.39, 0.29) is 13.3 Å². The summed E-state index contributed by atoms with van der Waals surface area (Å²) in [5, 5.41) is 5.26. The SMILES string of the molecule is C.O=C(/C=C/c1ccccc1)Nc1nc(-c2ccncc2)cs1. The molecule has 0 unspecified atom stereocenters. The molecule has 0 aliphatic rings. The molecule has 0 spiro atoms. The highest BCUT2D eigenvalue weighted by Gasteiger charge is 2.06. The molecule has 0 fully saturated rings. The number of rotatable bonds is 4. The van der Waals surface area contributed by atoms with Gasteiger partial charge < -0.3 is 0 Å². The average Bonchev–Trinajstić information content (AvgIpc) is 3.03. The highest BCUT2D eigenvalue weighted by molar-refractivity contribution is 7.14. The van der Waals surface area contributed by atoms with Gasteiger partial charge in [-0.3, -0.25) is 15.1 Å². The Bertz CT molecular complexity index is 782. The molecule has 0 aliphatic carbocycles. The summed E-state index contributed by atoms with van der Waals surface area (Å²) in [6, 6.07) is 13.4. The van der Waals surface area contributed by atoms with E-state index in [1.807, 2.05) is 47.8 Å². The van der Waals surface area contributed by atoms with Gasteiger partial charge in [0, 0.05) is 29.4 Å². The van der Waals surface area contributed by atoms with Crippen LogP contribution >= 0.6 is 11.3 Å². The van der Waals surface area contributed by atoms with E-state index < -0.39 is 0 Å². The number of carbonyl (C=O) groups is 1. The van der Waals surface area contributed by atoms with Crippen LogP contribution in [-0.4, -0.2) is 15.9 Å². The third-order valence-electron chi connectivity index (χ3n) is 2.94. The maximum Gasteiger partial charge on any atom is 0.250 e. The summed E-state index contributed by atoms with van der Waals surface area (Å²) in [6.07, 6.45) is 6.71. The van der Waals surface area contributed by atoms with Gasteiger partial charge in [0.05, 0.1) is 5.69 Å². The van der Waals surface area contributed by atoms with Crippen LogP contribution < -0.4 is 5.32 Å². The summed E-state index contributed by atoms with van der Waals surface area (Å²) in [5.41, 5.74) is 2.79. The Morgan fingerprint density at radius 3 is 2.57 bits per heavy atom. The van der Waals surface area contributed by atoms with Gasteiger partial charge in [-0.25, -0.2) is 4.98 Å². The van der Waals surface area contributed by atoms with Gasteiger partial charge in [0.2, 0.25) is 5.91 Å². The number of nitrogens with one attached hydrogen (secondary N) is 1. The molecule has 1 N–H and O–H groups in total. The fraction of sp³-hybridized carbons (Fsp3) is 0.0556. The molecule has 3 aromatic rings. The fourth-order valence-corrected chi connectivity index (χ4v) is 2.59. The zero-order valence-corrected chi connectivity index (χ0v) is 12.5. The number of thiazole rings is 1. The number of amides is 1. The number of benzene rings is 1. The van der Waals surface area contributed by atoms with Gasteiger partial charge in [-0.15, -0.1) is 11.3 Å². The summed E-state index contributed by atoms with van der Waals surface area (Å²) in [4.78, 5) is 20.3. The molecule has 0 radical (unpaired) electrons. The number of carbonyl (C=O) groups excluding carboxylic acids is 1. The third-order valence-corrected chi connectivity index (χ3v) is 3.69. The molecule has 1 amide bonds. The second-order valence-corrected chi connectivity index (χ2v) is 5.37. The monoisotopic (exact) mass is 323 g/mol. The summed E-state index contributed by atoms with van der Waals surface area (Å²) in [7, 11) is 0. The van der Waals surface area contributed by atoms with Crippen LogP contribution in [0, 0.1) is 0 Å². The Kier molecular flexibility index (Phi) is 5.77. The molecule has 3 rings (SSSR count). The molecule has 0 bridgehead atoms. The molecule has 4 nitrogen and oxygen atoms in total. The number of nitrogens with zero attached hydrogens (tertiary/aromatic N) is 2. The summed E-state index contributed by atoms with van der Waals surface area (Å²) in [5.74, 6) is -0.195. The van der Waals surface area contributed by atoms with Crippen molar-refractivity contribution in [2.45, 2.75) is 7.43 Å². The predicted molar refractivity (Wildman–Crippen MR) is 96.2 cm³/mol. The van der Waals surface area contributed by atoms with Crippen molar-refractivity contribution in [3.63, 3.8) is 0 Å². The molecule has 0 saturated carbocycles. The minimum Gasteiger partial charge on any atom is -0.298 e. The lowest BCUT2D eigenvalue weighted by molar-refractivity contribution is -0.111. The largest absolute Gasteiger partial charge is 0.298 e. The number of aromatic nitrogens is 2. The predicted octanol–water partition coefficient (Wildman–Crippen LogP) is 4.49. The van der Waals surface area contributed by atoms with Crippen molar-refractivity contribution < 1.29 is 4.79 Å². The minimum absolute atomic E-state index is 0. The molecule has 2 heterocycles. The minimum atomic E-state index is -0.195. The first-order chi connectivity index (χ1) is 10.8. The quantitative estimate of drug-likeness (QED) is 0.720. The van der Waals surface area contributed by atoms with E-state index in [1.54, 1.807) is 18.5 Å². The highest BCUT2D eigenvalue weighted by Crippen LogP contribution is 2.24. The van der Waals surface area contributed by atoms with Crippen molar-refractivity contribution in [3.05, 3.63) is 71.9 Å². The first-order valence-electron chi connectivity index (χ1n) is 6.71. The third kappa shape index (κ3) is 4.59. The number of hydrogen-bond acceptors (Lipinski definition) is 4. The molecule has 0 atom stereocenters. The zero-order chi connectivity index (χ0) is 15.2.